The first kappa shape index (κ1) is 17.8. The third kappa shape index (κ3) is 5.76. The third-order valence-corrected chi connectivity index (χ3v) is 4.97. The number of likely N-dealkylation sites (tertiary alicyclic amines) is 1. The van der Waals surface area contributed by atoms with Crippen molar-refractivity contribution in [3.8, 4) is 0 Å². The number of nitrogens with zero attached hydrogens (tertiary/aromatic N) is 2. The van der Waals surface area contributed by atoms with E-state index in [4.69, 9.17) is 0 Å². The highest BCUT2D eigenvalue weighted by atomic mass is 16.1. The molecule has 1 saturated carbocycles. The SMILES string of the molecule is CN=C(NCCCC(=O)NC1CC1)N1CCC(Cc2ccccc2)C1. The summed E-state index contributed by atoms with van der Waals surface area (Å²) in [7, 11) is 1.84. The number of carbonyl (C=O) groups excluding carboxylic acids is 1. The normalized spacial score (nSPS) is 20.6. The lowest BCUT2D eigenvalue weighted by Gasteiger charge is -2.21. The Morgan fingerprint density at radius 3 is 2.76 bits per heavy atom. The van der Waals surface area contributed by atoms with Gasteiger partial charge in [0.1, 0.15) is 0 Å². The minimum Gasteiger partial charge on any atom is -0.356 e. The number of carbonyl (C=O) groups is 1. The van der Waals surface area contributed by atoms with Crippen molar-refractivity contribution in [2.24, 2.45) is 10.9 Å². The van der Waals surface area contributed by atoms with Crippen molar-refractivity contribution in [1.29, 1.82) is 0 Å². The summed E-state index contributed by atoms with van der Waals surface area (Å²) in [5.74, 6) is 1.84. The minimum atomic E-state index is 0.184. The van der Waals surface area contributed by atoms with Gasteiger partial charge in [0.2, 0.25) is 5.91 Å². The fourth-order valence-electron chi connectivity index (χ4n) is 3.45. The van der Waals surface area contributed by atoms with E-state index in [0.717, 1.165) is 51.3 Å². The van der Waals surface area contributed by atoms with Gasteiger partial charge in [-0.1, -0.05) is 30.3 Å². The second-order valence-electron chi connectivity index (χ2n) is 7.21. The van der Waals surface area contributed by atoms with Crippen molar-refractivity contribution < 1.29 is 4.79 Å². The smallest absolute Gasteiger partial charge is 0.220 e. The maximum atomic E-state index is 11.7. The van der Waals surface area contributed by atoms with Gasteiger partial charge in [0, 0.05) is 39.1 Å². The van der Waals surface area contributed by atoms with E-state index in [-0.39, 0.29) is 5.91 Å². The van der Waals surface area contributed by atoms with Gasteiger partial charge in [-0.05, 0) is 43.6 Å². The van der Waals surface area contributed by atoms with Crippen molar-refractivity contribution >= 4 is 11.9 Å². The van der Waals surface area contributed by atoms with Gasteiger partial charge in [-0.25, -0.2) is 0 Å². The van der Waals surface area contributed by atoms with Crippen LogP contribution in [0.1, 0.15) is 37.7 Å². The molecule has 0 bridgehead atoms. The molecule has 25 heavy (non-hydrogen) atoms. The molecule has 2 fully saturated rings. The van der Waals surface area contributed by atoms with Crippen molar-refractivity contribution in [3.63, 3.8) is 0 Å². The van der Waals surface area contributed by atoms with Crippen LogP contribution < -0.4 is 10.6 Å². The highest BCUT2D eigenvalue weighted by Crippen LogP contribution is 2.21. The highest BCUT2D eigenvalue weighted by Gasteiger charge is 2.25. The van der Waals surface area contributed by atoms with Crippen LogP contribution in [-0.2, 0) is 11.2 Å². The predicted octanol–water partition coefficient (Wildman–Crippen LogP) is 2.19. The van der Waals surface area contributed by atoms with Gasteiger partial charge in [0.25, 0.3) is 0 Å². The average molecular weight is 342 g/mol. The summed E-state index contributed by atoms with van der Waals surface area (Å²) in [6, 6.07) is 11.2. The Balaban J connectivity index is 1.36. The minimum absolute atomic E-state index is 0.184. The molecule has 0 aromatic heterocycles. The van der Waals surface area contributed by atoms with E-state index in [1.54, 1.807) is 0 Å². The summed E-state index contributed by atoms with van der Waals surface area (Å²) in [6.45, 7) is 2.90. The van der Waals surface area contributed by atoms with Crippen LogP contribution >= 0.6 is 0 Å². The maximum absolute atomic E-state index is 11.7. The highest BCUT2D eigenvalue weighted by molar-refractivity contribution is 5.80. The Morgan fingerprint density at radius 2 is 2.04 bits per heavy atom. The van der Waals surface area contributed by atoms with E-state index in [0.29, 0.717) is 18.4 Å². The molecule has 1 unspecified atom stereocenters. The molecular weight excluding hydrogens is 312 g/mol. The zero-order valence-corrected chi connectivity index (χ0v) is 15.2. The summed E-state index contributed by atoms with van der Waals surface area (Å²) in [4.78, 5) is 18.5. The van der Waals surface area contributed by atoms with Gasteiger partial charge in [0.05, 0.1) is 0 Å². The zero-order valence-electron chi connectivity index (χ0n) is 15.2. The molecule has 1 aliphatic heterocycles. The van der Waals surface area contributed by atoms with E-state index in [1.165, 1.54) is 12.0 Å². The lowest BCUT2D eigenvalue weighted by atomic mass is 9.99. The van der Waals surface area contributed by atoms with E-state index < -0.39 is 0 Å². The molecule has 2 N–H and O–H groups in total. The number of guanidine groups is 1. The number of benzene rings is 1. The summed E-state index contributed by atoms with van der Waals surface area (Å²) in [5, 5.41) is 6.45. The molecule has 1 heterocycles. The molecule has 1 amide bonds. The lowest BCUT2D eigenvalue weighted by molar-refractivity contribution is -0.121. The molecule has 5 heteroatoms. The van der Waals surface area contributed by atoms with Gasteiger partial charge in [0.15, 0.2) is 5.96 Å². The number of amides is 1. The van der Waals surface area contributed by atoms with Crippen LogP contribution in [0.15, 0.2) is 35.3 Å². The summed E-state index contributed by atoms with van der Waals surface area (Å²) in [6.07, 6.45) is 6.08. The van der Waals surface area contributed by atoms with Crippen LogP contribution in [0.5, 0.6) is 0 Å². The molecule has 136 valence electrons. The van der Waals surface area contributed by atoms with Gasteiger partial charge in [-0.15, -0.1) is 0 Å². The summed E-state index contributed by atoms with van der Waals surface area (Å²) < 4.78 is 0. The molecule has 3 rings (SSSR count). The molecule has 1 aliphatic carbocycles. The Morgan fingerprint density at radius 1 is 1.24 bits per heavy atom. The number of nitrogens with one attached hydrogen (secondary N) is 2. The zero-order chi connectivity index (χ0) is 17.5. The molecule has 1 aromatic carbocycles. The molecule has 1 saturated heterocycles. The van der Waals surface area contributed by atoms with E-state index >= 15 is 0 Å². The van der Waals surface area contributed by atoms with Gasteiger partial charge in [-0.3, -0.25) is 9.79 Å². The molecule has 1 atom stereocenters. The fourth-order valence-corrected chi connectivity index (χ4v) is 3.45. The van der Waals surface area contributed by atoms with Crippen LogP contribution in [0.3, 0.4) is 0 Å². The first-order chi connectivity index (χ1) is 12.2. The lowest BCUT2D eigenvalue weighted by Crippen LogP contribution is -2.40. The molecule has 0 spiro atoms. The van der Waals surface area contributed by atoms with Crippen molar-refractivity contribution in [1.82, 2.24) is 15.5 Å². The monoisotopic (exact) mass is 342 g/mol. The number of rotatable bonds is 7. The predicted molar refractivity (Wildman–Crippen MR) is 102 cm³/mol. The number of hydrogen-bond acceptors (Lipinski definition) is 2. The second-order valence-corrected chi connectivity index (χ2v) is 7.21. The molecule has 2 aliphatic rings. The Hall–Kier alpha value is -2.04. The molecule has 0 radical (unpaired) electrons. The van der Waals surface area contributed by atoms with Crippen LogP contribution in [0, 0.1) is 5.92 Å². The standard InChI is InChI=1S/C20H30N4O/c1-21-20(22-12-5-8-19(25)23-18-9-10-18)24-13-11-17(15-24)14-16-6-3-2-4-7-16/h2-4,6-7,17-18H,5,8-15H2,1H3,(H,21,22)(H,23,25). The van der Waals surface area contributed by atoms with E-state index in [2.05, 4.69) is 50.9 Å². The molecular formula is C20H30N4O. The first-order valence-corrected chi connectivity index (χ1v) is 9.53. The first-order valence-electron chi connectivity index (χ1n) is 9.53. The van der Waals surface area contributed by atoms with Crippen molar-refractivity contribution in [2.45, 2.75) is 44.6 Å². The summed E-state index contributed by atoms with van der Waals surface area (Å²) in [5.41, 5.74) is 1.42. The Bertz CT molecular complexity index is 583. The Kier molecular flexibility index (Phi) is 6.31. The fraction of sp³-hybridized carbons (Fsp3) is 0.600. The van der Waals surface area contributed by atoms with Gasteiger partial charge < -0.3 is 15.5 Å². The van der Waals surface area contributed by atoms with E-state index in [9.17, 15) is 4.79 Å². The quantitative estimate of drug-likeness (QED) is 0.454. The Labute approximate surface area is 150 Å². The van der Waals surface area contributed by atoms with E-state index in [1.807, 2.05) is 7.05 Å². The molecule has 1 aromatic rings. The third-order valence-electron chi connectivity index (χ3n) is 4.97. The largest absolute Gasteiger partial charge is 0.356 e. The van der Waals surface area contributed by atoms with Crippen molar-refractivity contribution in [2.75, 3.05) is 26.7 Å². The van der Waals surface area contributed by atoms with Crippen LogP contribution in [-0.4, -0.2) is 49.5 Å². The average Bonchev–Trinajstić information content (AvgIpc) is 3.32. The summed E-state index contributed by atoms with van der Waals surface area (Å²) >= 11 is 0. The van der Waals surface area contributed by atoms with Crippen LogP contribution in [0.2, 0.25) is 0 Å². The number of aliphatic imine (C=N–C) groups is 1. The number of hydrogen-bond donors (Lipinski definition) is 2. The second kappa shape index (κ2) is 8.88. The molecule has 5 nitrogen and oxygen atoms in total. The topological polar surface area (TPSA) is 56.7 Å². The van der Waals surface area contributed by atoms with Gasteiger partial charge in [-0.2, -0.15) is 0 Å². The maximum Gasteiger partial charge on any atom is 0.220 e. The van der Waals surface area contributed by atoms with Gasteiger partial charge >= 0.3 is 0 Å². The van der Waals surface area contributed by atoms with Crippen molar-refractivity contribution in [3.05, 3.63) is 35.9 Å². The van der Waals surface area contributed by atoms with Crippen LogP contribution in [0.25, 0.3) is 0 Å². The van der Waals surface area contributed by atoms with Crippen LogP contribution in [0.4, 0.5) is 0 Å².